The van der Waals surface area contributed by atoms with Crippen LogP contribution in [0.15, 0.2) is 0 Å². The fourth-order valence-corrected chi connectivity index (χ4v) is 2.75. The first-order valence-electron chi connectivity index (χ1n) is 5.76. The molecule has 0 heterocycles. The maximum atomic E-state index is 11.7. The summed E-state index contributed by atoms with van der Waals surface area (Å²) < 4.78 is 34.7. The fourth-order valence-electron chi connectivity index (χ4n) is 1.28. The van der Waals surface area contributed by atoms with E-state index in [4.69, 9.17) is 0 Å². The zero-order valence-electron chi connectivity index (χ0n) is 10.3. The average molecular weight is 279 g/mol. The minimum Gasteiger partial charge on any atom is -0.464 e. The second kappa shape index (κ2) is 6.14. The van der Waals surface area contributed by atoms with Crippen molar-refractivity contribution in [3.63, 3.8) is 0 Å². The molecule has 1 rings (SSSR count). The van der Waals surface area contributed by atoms with E-state index in [0.717, 1.165) is 0 Å². The Morgan fingerprint density at radius 1 is 1.17 bits per heavy atom. The molecule has 0 amide bonds. The smallest absolute Gasteiger partial charge is 0.335 e. The van der Waals surface area contributed by atoms with Crippen LogP contribution in [0.2, 0.25) is 0 Å². The molecule has 0 aromatic carbocycles. The second-order valence-corrected chi connectivity index (χ2v) is 5.79. The highest BCUT2D eigenvalue weighted by Crippen LogP contribution is 2.27. The molecule has 0 aromatic heterocycles. The van der Waals surface area contributed by atoms with Gasteiger partial charge in [0, 0.05) is 0 Å². The highest BCUT2D eigenvalue weighted by molar-refractivity contribution is 7.90. The molecule has 0 radical (unpaired) electrons. The van der Waals surface area contributed by atoms with E-state index >= 15 is 0 Å². The Labute approximate surface area is 106 Å². The molecule has 0 aromatic rings. The highest BCUT2D eigenvalue weighted by Gasteiger charge is 2.41. The molecule has 0 aliphatic heterocycles. The Kier molecular flexibility index (Phi) is 5.09. The third-order valence-corrected chi connectivity index (χ3v) is 4.20. The lowest BCUT2D eigenvalue weighted by molar-refractivity contribution is -0.157. The maximum Gasteiger partial charge on any atom is 0.335 e. The van der Waals surface area contributed by atoms with Gasteiger partial charge in [-0.2, -0.15) is 4.72 Å². The normalized spacial score (nSPS) is 15.5. The van der Waals surface area contributed by atoms with Crippen molar-refractivity contribution in [3.05, 3.63) is 0 Å². The number of carbonyl (C=O) groups is 2. The predicted molar refractivity (Wildman–Crippen MR) is 62.1 cm³/mol. The van der Waals surface area contributed by atoms with Crippen molar-refractivity contribution in [1.29, 1.82) is 0 Å². The molecular formula is C10H17NO6S. The number of carbonyl (C=O) groups excluding carboxylic acids is 2. The summed E-state index contributed by atoms with van der Waals surface area (Å²) in [5, 5.41) is -0.524. The van der Waals surface area contributed by atoms with Gasteiger partial charge in [-0.15, -0.1) is 0 Å². The lowest BCUT2D eigenvalue weighted by Crippen LogP contribution is -2.49. The molecule has 18 heavy (non-hydrogen) atoms. The Morgan fingerprint density at radius 3 is 1.94 bits per heavy atom. The molecule has 0 spiro atoms. The summed E-state index contributed by atoms with van der Waals surface area (Å²) in [6.07, 6.45) is 1.07. The Bertz CT molecular complexity index is 396. The zero-order chi connectivity index (χ0) is 13.8. The van der Waals surface area contributed by atoms with Gasteiger partial charge in [0.15, 0.2) is 0 Å². The van der Waals surface area contributed by atoms with E-state index in [1.54, 1.807) is 13.8 Å². The fraction of sp³-hybridized carbons (Fsp3) is 0.800. The van der Waals surface area contributed by atoms with Gasteiger partial charge in [0.05, 0.1) is 18.5 Å². The van der Waals surface area contributed by atoms with E-state index in [1.807, 2.05) is 4.72 Å². The standard InChI is InChI=1S/C10H17NO6S/c1-3-16-9(12)8(10(13)17-4-2)11-18(14,15)7-5-6-7/h7-8,11H,3-6H2,1-2H3. The van der Waals surface area contributed by atoms with Gasteiger partial charge in [-0.25, -0.2) is 18.0 Å². The van der Waals surface area contributed by atoms with E-state index in [2.05, 4.69) is 9.47 Å². The summed E-state index contributed by atoms with van der Waals surface area (Å²) in [7, 11) is -3.66. The SMILES string of the molecule is CCOC(=O)C(NS(=O)(=O)C1CC1)C(=O)OCC. The van der Waals surface area contributed by atoms with Crippen LogP contribution in [0, 0.1) is 0 Å². The number of rotatable bonds is 7. The first-order chi connectivity index (χ1) is 8.42. The third kappa shape index (κ3) is 3.95. The first-order valence-corrected chi connectivity index (χ1v) is 7.31. The topological polar surface area (TPSA) is 98.8 Å². The molecule has 1 aliphatic carbocycles. The van der Waals surface area contributed by atoms with Crippen LogP contribution in [0.4, 0.5) is 0 Å². The van der Waals surface area contributed by atoms with Crippen LogP contribution >= 0.6 is 0 Å². The molecule has 7 nitrogen and oxygen atoms in total. The Morgan fingerprint density at radius 2 is 1.61 bits per heavy atom. The van der Waals surface area contributed by atoms with Crippen molar-refractivity contribution in [2.24, 2.45) is 0 Å². The molecule has 1 N–H and O–H groups in total. The van der Waals surface area contributed by atoms with Gasteiger partial charge in [0.2, 0.25) is 16.1 Å². The van der Waals surface area contributed by atoms with E-state index in [0.29, 0.717) is 12.8 Å². The van der Waals surface area contributed by atoms with Crippen LogP contribution in [0.5, 0.6) is 0 Å². The van der Waals surface area contributed by atoms with Crippen molar-refractivity contribution < 1.29 is 27.5 Å². The quantitative estimate of drug-likeness (QED) is 0.501. The number of hydrogen-bond donors (Lipinski definition) is 1. The van der Waals surface area contributed by atoms with Crippen LogP contribution < -0.4 is 4.72 Å². The highest BCUT2D eigenvalue weighted by atomic mass is 32.2. The molecule has 104 valence electrons. The van der Waals surface area contributed by atoms with Crippen molar-refractivity contribution >= 4 is 22.0 Å². The molecule has 1 aliphatic rings. The zero-order valence-corrected chi connectivity index (χ0v) is 11.2. The van der Waals surface area contributed by atoms with Crippen LogP contribution in [-0.4, -0.2) is 44.9 Å². The van der Waals surface area contributed by atoms with Gasteiger partial charge in [0.1, 0.15) is 0 Å². The summed E-state index contributed by atoms with van der Waals surface area (Å²) >= 11 is 0. The molecular weight excluding hydrogens is 262 g/mol. The van der Waals surface area contributed by atoms with Gasteiger partial charge in [-0.3, -0.25) is 0 Å². The minimum absolute atomic E-state index is 0.0555. The molecule has 1 fully saturated rings. The number of hydrogen-bond acceptors (Lipinski definition) is 6. The van der Waals surface area contributed by atoms with Crippen molar-refractivity contribution in [2.75, 3.05) is 13.2 Å². The van der Waals surface area contributed by atoms with Crippen molar-refractivity contribution in [3.8, 4) is 0 Å². The van der Waals surface area contributed by atoms with E-state index in [-0.39, 0.29) is 13.2 Å². The van der Waals surface area contributed by atoms with Crippen LogP contribution in [0.25, 0.3) is 0 Å². The van der Waals surface area contributed by atoms with Gasteiger partial charge < -0.3 is 9.47 Å². The monoisotopic (exact) mass is 279 g/mol. The summed E-state index contributed by atoms with van der Waals surface area (Å²) in [5.41, 5.74) is 0. The number of ether oxygens (including phenoxy) is 2. The van der Waals surface area contributed by atoms with Gasteiger partial charge in [-0.05, 0) is 26.7 Å². The molecule has 0 unspecified atom stereocenters. The molecule has 0 atom stereocenters. The third-order valence-electron chi connectivity index (χ3n) is 2.29. The van der Waals surface area contributed by atoms with Gasteiger partial charge in [-0.1, -0.05) is 0 Å². The van der Waals surface area contributed by atoms with E-state index < -0.39 is 33.3 Å². The maximum absolute atomic E-state index is 11.7. The molecule has 0 bridgehead atoms. The first kappa shape index (κ1) is 14.9. The number of sulfonamides is 1. The molecule has 8 heteroatoms. The number of esters is 2. The minimum atomic E-state index is -3.66. The van der Waals surface area contributed by atoms with E-state index in [9.17, 15) is 18.0 Å². The van der Waals surface area contributed by atoms with Crippen LogP contribution in [0.1, 0.15) is 26.7 Å². The van der Waals surface area contributed by atoms with Crippen molar-refractivity contribution in [2.45, 2.75) is 38.0 Å². The van der Waals surface area contributed by atoms with Crippen LogP contribution in [0.3, 0.4) is 0 Å². The molecule has 0 saturated heterocycles. The lowest BCUT2D eigenvalue weighted by Gasteiger charge is -2.15. The van der Waals surface area contributed by atoms with Crippen molar-refractivity contribution in [1.82, 2.24) is 4.72 Å². The summed E-state index contributed by atoms with van der Waals surface area (Å²) in [5.74, 6) is -1.89. The Balaban J connectivity index is 2.76. The Hall–Kier alpha value is -1.15. The molecule has 1 saturated carbocycles. The summed E-state index contributed by atoms with van der Waals surface area (Å²) in [4.78, 5) is 23.1. The summed E-state index contributed by atoms with van der Waals surface area (Å²) in [6.45, 7) is 3.24. The predicted octanol–water partition coefficient (Wildman–Crippen LogP) is -0.437. The summed E-state index contributed by atoms with van der Waals surface area (Å²) in [6, 6.07) is -1.62. The van der Waals surface area contributed by atoms with Gasteiger partial charge in [0.25, 0.3) is 0 Å². The van der Waals surface area contributed by atoms with E-state index in [1.165, 1.54) is 0 Å². The van der Waals surface area contributed by atoms with Gasteiger partial charge >= 0.3 is 11.9 Å². The largest absolute Gasteiger partial charge is 0.464 e. The van der Waals surface area contributed by atoms with Crippen LogP contribution in [-0.2, 0) is 29.1 Å². The second-order valence-electron chi connectivity index (χ2n) is 3.80. The lowest BCUT2D eigenvalue weighted by atomic mass is 10.3. The average Bonchev–Trinajstić information content (AvgIpc) is 3.10. The number of nitrogens with one attached hydrogen (secondary N) is 1.